The SMILES string of the molecule is Cc1nc(N)sc1C(=O)N1CCSCC1. The Labute approximate surface area is 96.9 Å². The molecule has 0 unspecified atom stereocenters. The lowest BCUT2D eigenvalue weighted by Gasteiger charge is -2.25. The predicted octanol–water partition coefficient (Wildman–Crippen LogP) is 1.22. The minimum atomic E-state index is 0.0852. The van der Waals surface area contributed by atoms with E-state index in [1.807, 2.05) is 23.6 Å². The van der Waals surface area contributed by atoms with Crippen molar-refractivity contribution in [3.8, 4) is 0 Å². The molecule has 0 spiro atoms. The van der Waals surface area contributed by atoms with Crippen molar-refractivity contribution in [2.75, 3.05) is 30.3 Å². The summed E-state index contributed by atoms with van der Waals surface area (Å²) in [6.07, 6.45) is 0. The number of rotatable bonds is 1. The zero-order valence-corrected chi connectivity index (χ0v) is 10.2. The number of nitrogens with two attached hydrogens (primary N) is 1. The number of nitrogen functional groups attached to an aromatic ring is 1. The van der Waals surface area contributed by atoms with Crippen molar-refractivity contribution in [1.29, 1.82) is 0 Å². The van der Waals surface area contributed by atoms with E-state index < -0.39 is 0 Å². The average Bonchev–Trinajstić information content (AvgIpc) is 2.58. The molecule has 15 heavy (non-hydrogen) atoms. The lowest BCUT2D eigenvalue weighted by Crippen LogP contribution is -2.37. The first-order chi connectivity index (χ1) is 7.18. The lowest BCUT2D eigenvalue weighted by atomic mass is 10.3. The Kier molecular flexibility index (Phi) is 3.16. The van der Waals surface area contributed by atoms with E-state index >= 15 is 0 Å². The van der Waals surface area contributed by atoms with Gasteiger partial charge in [0.15, 0.2) is 5.13 Å². The molecule has 82 valence electrons. The molecule has 4 nitrogen and oxygen atoms in total. The van der Waals surface area contributed by atoms with Gasteiger partial charge >= 0.3 is 0 Å². The van der Waals surface area contributed by atoms with Crippen LogP contribution in [-0.2, 0) is 0 Å². The second-order valence-electron chi connectivity index (χ2n) is 3.37. The van der Waals surface area contributed by atoms with E-state index in [1.165, 1.54) is 11.3 Å². The van der Waals surface area contributed by atoms with Gasteiger partial charge in [0.25, 0.3) is 5.91 Å². The van der Waals surface area contributed by atoms with Crippen LogP contribution in [0.4, 0.5) is 5.13 Å². The third-order valence-corrected chi connectivity index (χ3v) is 4.22. The van der Waals surface area contributed by atoms with Crippen LogP contribution in [-0.4, -0.2) is 40.4 Å². The van der Waals surface area contributed by atoms with Crippen LogP contribution >= 0.6 is 23.1 Å². The van der Waals surface area contributed by atoms with Crippen LogP contribution in [0.2, 0.25) is 0 Å². The number of hydrogen-bond donors (Lipinski definition) is 1. The lowest BCUT2D eigenvalue weighted by molar-refractivity contribution is 0.0776. The highest BCUT2D eigenvalue weighted by molar-refractivity contribution is 7.99. The number of carbonyl (C=O) groups excluding carboxylic acids is 1. The third-order valence-electron chi connectivity index (χ3n) is 2.31. The number of hydrogen-bond acceptors (Lipinski definition) is 5. The number of amides is 1. The maximum Gasteiger partial charge on any atom is 0.265 e. The first-order valence-corrected chi connectivity index (χ1v) is 6.75. The molecule has 6 heteroatoms. The van der Waals surface area contributed by atoms with Gasteiger partial charge in [0.2, 0.25) is 0 Å². The van der Waals surface area contributed by atoms with Gasteiger partial charge in [-0.1, -0.05) is 11.3 Å². The number of nitrogens with zero attached hydrogens (tertiary/aromatic N) is 2. The van der Waals surface area contributed by atoms with E-state index in [0.717, 1.165) is 30.3 Å². The molecule has 0 aromatic carbocycles. The van der Waals surface area contributed by atoms with Crippen molar-refractivity contribution >= 4 is 34.1 Å². The molecule has 0 atom stereocenters. The summed E-state index contributed by atoms with van der Waals surface area (Å²) < 4.78 is 0. The molecule has 0 bridgehead atoms. The summed E-state index contributed by atoms with van der Waals surface area (Å²) in [6.45, 7) is 3.50. The number of aromatic nitrogens is 1. The fourth-order valence-electron chi connectivity index (χ4n) is 1.53. The minimum absolute atomic E-state index is 0.0852. The summed E-state index contributed by atoms with van der Waals surface area (Å²) in [7, 11) is 0. The van der Waals surface area contributed by atoms with Crippen molar-refractivity contribution in [2.24, 2.45) is 0 Å². The highest BCUT2D eigenvalue weighted by atomic mass is 32.2. The molecule has 1 aromatic rings. The molecule has 1 amide bonds. The Bertz CT molecular complexity index is 371. The van der Waals surface area contributed by atoms with E-state index in [-0.39, 0.29) is 5.91 Å². The van der Waals surface area contributed by atoms with Gasteiger partial charge in [0, 0.05) is 24.6 Å². The van der Waals surface area contributed by atoms with Crippen LogP contribution in [0.15, 0.2) is 0 Å². The topological polar surface area (TPSA) is 59.2 Å². The Balaban J connectivity index is 2.16. The van der Waals surface area contributed by atoms with Crippen LogP contribution in [0, 0.1) is 6.92 Å². The van der Waals surface area contributed by atoms with Crippen LogP contribution in [0.25, 0.3) is 0 Å². The summed E-state index contributed by atoms with van der Waals surface area (Å²) in [4.78, 5) is 18.7. The number of thiazole rings is 1. The summed E-state index contributed by atoms with van der Waals surface area (Å²) in [5.41, 5.74) is 6.33. The van der Waals surface area contributed by atoms with Crippen LogP contribution in [0.1, 0.15) is 15.4 Å². The van der Waals surface area contributed by atoms with Crippen LogP contribution in [0.3, 0.4) is 0 Å². The predicted molar refractivity (Wildman–Crippen MR) is 64.5 cm³/mol. The van der Waals surface area contributed by atoms with Crippen molar-refractivity contribution in [3.63, 3.8) is 0 Å². The Morgan fingerprint density at radius 1 is 1.47 bits per heavy atom. The Morgan fingerprint density at radius 2 is 2.13 bits per heavy atom. The molecule has 1 fully saturated rings. The first-order valence-electron chi connectivity index (χ1n) is 4.78. The molecule has 2 rings (SSSR count). The van der Waals surface area contributed by atoms with Gasteiger partial charge in [0.05, 0.1) is 5.69 Å². The molecular formula is C9H13N3OS2. The molecular weight excluding hydrogens is 230 g/mol. The van der Waals surface area contributed by atoms with Gasteiger partial charge in [-0.3, -0.25) is 4.79 Å². The zero-order chi connectivity index (χ0) is 10.8. The summed E-state index contributed by atoms with van der Waals surface area (Å²) in [5.74, 6) is 2.14. The van der Waals surface area contributed by atoms with E-state index in [4.69, 9.17) is 5.73 Å². The monoisotopic (exact) mass is 243 g/mol. The number of carbonyl (C=O) groups is 1. The van der Waals surface area contributed by atoms with Gasteiger partial charge in [-0.2, -0.15) is 11.8 Å². The van der Waals surface area contributed by atoms with Gasteiger partial charge in [-0.15, -0.1) is 0 Å². The van der Waals surface area contributed by atoms with Gasteiger partial charge in [0.1, 0.15) is 4.88 Å². The molecule has 0 radical (unpaired) electrons. The molecule has 1 saturated heterocycles. The van der Waals surface area contributed by atoms with Gasteiger partial charge in [-0.25, -0.2) is 4.98 Å². The second kappa shape index (κ2) is 4.40. The normalized spacial score (nSPS) is 16.7. The van der Waals surface area contributed by atoms with Crippen LogP contribution < -0.4 is 5.73 Å². The maximum atomic E-state index is 12.1. The molecule has 1 aromatic heterocycles. The first kappa shape index (κ1) is 10.8. The molecule has 0 saturated carbocycles. The van der Waals surface area contributed by atoms with Gasteiger partial charge < -0.3 is 10.6 Å². The summed E-state index contributed by atoms with van der Waals surface area (Å²) >= 11 is 3.17. The van der Waals surface area contributed by atoms with Crippen molar-refractivity contribution in [3.05, 3.63) is 10.6 Å². The second-order valence-corrected chi connectivity index (χ2v) is 5.63. The van der Waals surface area contributed by atoms with Crippen LogP contribution in [0.5, 0.6) is 0 Å². The number of aryl methyl sites for hydroxylation is 1. The average molecular weight is 243 g/mol. The van der Waals surface area contributed by atoms with E-state index in [9.17, 15) is 4.79 Å². The third kappa shape index (κ3) is 2.26. The standard InChI is InChI=1S/C9H13N3OS2/c1-6-7(15-9(10)11-6)8(13)12-2-4-14-5-3-12/h2-5H2,1H3,(H2,10,11). The molecule has 2 N–H and O–H groups in total. The summed E-state index contributed by atoms with van der Waals surface area (Å²) in [6, 6.07) is 0. The molecule has 1 aliphatic rings. The van der Waals surface area contributed by atoms with Crippen molar-refractivity contribution in [2.45, 2.75) is 6.92 Å². The molecule has 1 aliphatic heterocycles. The Morgan fingerprint density at radius 3 is 2.67 bits per heavy atom. The summed E-state index contributed by atoms with van der Waals surface area (Å²) in [5, 5.41) is 0.474. The Hall–Kier alpha value is -0.750. The molecule has 0 aliphatic carbocycles. The number of thioether (sulfide) groups is 1. The molecule has 2 heterocycles. The fraction of sp³-hybridized carbons (Fsp3) is 0.556. The van der Waals surface area contributed by atoms with Crippen molar-refractivity contribution in [1.82, 2.24) is 9.88 Å². The quantitative estimate of drug-likeness (QED) is 0.806. The maximum absolute atomic E-state index is 12.1. The minimum Gasteiger partial charge on any atom is -0.375 e. The van der Waals surface area contributed by atoms with E-state index in [0.29, 0.717) is 10.0 Å². The van der Waals surface area contributed by atoms with E-state index in [2.05, 4.69) is 4.98 Å². The van der Waals surface area contributed by atoms with Crippen molar-refractivity contribution < 1.29 is 4.79 Å². The highest BCUT2D eigenvalue weighted by Crippen LogP contribution is 2.22. The zero-order valence-electron chi connectivity index (χ0n) is 8.52. The number of anilines is 1. The fourth-order valence-corrected chi connectivity index (χ4v) is 3.23. The highest BCUT2D eigenvalue weighted by Gasteiger charge is 2.22. The van der Waals surface area contributed by atoms with Gasteiger partial charge in [-0.05, 0) is 6.92 Å². The largest absolute Gasteiger partial charge is 0.375 e. The smallest absolute Gasteiger partial charge is 0.265 e. The van der Waals surface area contributed by atoms with E-state index in [1.54, 1.807) is 0 Å².